The fourth-order valence-electron chi connectivity index (χ4n) is 2.52. The molecule has 0 aliphatic rings. The average molecular weight is 339 g/mol. The monoisotopic (exact) mass is 339 g/mol. The maximum Gasteiger partial charge on any atom is 0.272 e. The van der Waals surface area contributed by atoms with Crippen LogP contribution in [0.5, 0.6) is 5.75 Å². The van der Waals surface area contributed by atoms with E-state index in [4.69, 9.17) is 4.74 Å². The molecule has 8 heteroatoms. The molecule has 3 rings (SSSR count). The summed E-state index contributed by atoms with van der Waals surface area (Å²) in [5, 5.41) is 8.91. The summed E-state index contributed by atoms with van der Waals surface area (Å²) < 4.78 is 7.23. The maximum atomic E-state index is 12.6. The lowest BCUT2D eigenvalue weighted by Gasteiger charge is -2.21. The van der Waals surface area contributed by atoms with Crippen molar-refractivity contribution < 1.29 is 9.53 Å². The van der Waals surface area contributed by atoms with Crippen LogP contribution in [0.2, 0.25) is 0 Å². The van der Waals surface area contributed by atoms with Gasteiger partial charge in [0.2, 0.25) is 0 Å². The Bertz CT molecular complexity index is 927. The SMILES string of the molecule is COc1ccccc1C(NC(=O)c1ccc(=O)[nH]n1)c1nccn1C. The molecule has 0 saturated carbocycles. The van der Waals surface area contributed by atoms with E-state index in [1.807, 2.05) is 35.9 Å². The number of benzene rings is 1. The van der Waals surface area contributed by atoms with Crippen LogP contribution in [0.3, 0.4) is 0 Å². The first-order chi connectivity index (χ1) is 12.1. The highest BCUT2D eigenvalue weighted by Crippen LogP contribution is 2.29. The Morgan fingerprint density at radius 2 is 2.08 bits per heavy atom. The summed E-state index contributed by atoms with van der Waals surface area (Å²) in [4.78, 5) is 28.0. The predicted octanol–water partition coefficient (Wildman–Crippen LogP) is 1.03. The van der Waals surface area contributed by atoms with E-state index in [1.165, 1.54) is 12.1 Å². The number of imidazole rings is 1. The molecule has 128 valence electrons. The summed E-state index contributed by atoms with van der Waals surface area (Å²) in [7, 11) is 3.41. The number of hydrogen-bond acceptors (Lipinski definition) is 5. The third-order valence-corrected chi connectivity index (χ3v) is 3.75. The van der Waals surface area contributed by atoms with Crippen molar-refractivity contribution in [2.24, 2.45) is 7.05 Å². The van der Waals surface area contributed by atoms with Crippen LogP contribution in [0.4, 0.5) is 0 Å². The molecular weight excluding hydrogens is 322 g/mol. The number of nitrogens with one attached hydrogen (secondary N) is 2. The second-order valence-electron chi connectivity index (χ2n) is 5.35. The zero-order chi connectivity index (χ0) is 17.8. The molecule has 0 spiro atoms. The first-order valence-corrected chi connectivity index (χ1v) is 7.57. The van der Waals surface area contributed by atoms with E-state index in [9.17, 15) is 9.59 Å². The Morgan fingerprint density at radius 1 is 1.28 bits per heavy atom. The van der Waals surface area contributed by atoms with Crippen LogP contribution in [0.25, 0.3) is 0 Å². The minimum absolute atomic E-state index is 0.105. The summed E-state index contributed by atoms with van der Waals surface area (Å²) in [6, 6.07) is 9.46. The number of methoxy groups -OCH3 is 1. The van der Waals surface area contributed by atoms with Crippen molar-refractivity contribution in [2.75, 3.05) is 7.11 Å². The van der Waals surface area contributed by atoms with Gasteiger partial charge in [-0.05, 0) is 12.1 Å². The summed E-state index contributed by atoms with van der Waals surface area (Å²) in [5.41, 5.74) is 0.493. The molecule has 0 aliphatic heterocycles. The lowest BCUT2D eigenvalue weighted by molar-refractivity contribution is 0.0934. The number of aryl methyl sites for hydroxylation is 1. The molecule has 0 fully saturated rings. The van der Waals surface area contributed by atoms with Gasteiger partial charge in [0.25, 0.3) is 11.5 Å². The van der Waals surface area contributed by atoms with Crippen molar-refractivity contribution in [1.29, 1.82) is 0 Å². The fraction of sp³-hybridized carbons (Fsp3) is 0.176. The van der Waals surface area contributed by atoms with Crippen LogP contribution in [0.1, 0.15) is 27.9 Å². The van der Waals surface area contributed by atoms with E-state index in [1.54, 1.807) is 19.5 Å². The first-order valence-electron chi connectivity index (χ1n) is 7.57. The minimum Gasteiger partial charge on any atom is -0.496 e. The lowest BCUT2D eigenvalue weighted by atomic mass is 10.0. The normalized spacial score (nSPS) is 11.8. The second-order valence-corrected chi connectivity index (χ2v) is 5.35. The Hall–Kier alpha value is -3.42. The second kappa shape index (κ2) is 7.00. The van der Waals surface area contributed by atoms with Gasteiger partial charge in [0.05, 0.1) is 7.11 Å². The van der Waals surface area contributed by atoms with Crippen LogP contribution in [0.15, 0.2) is 53.6 Å². The quantitative estimate of drug-likeness (QED) is 0.723. The molecule has 1 aromatic carbocycles. The van der Waals surface area contributed by atoms with E-state index >= 15 is 0 Å². The Morgan fingerprint density at radius 3 is 2.72 bits per heavy atom. The van der Waals surface area contributed by atoms with Gasteiger partial charge in [-0.2, -0.15) is 5.10 Å². The smallest absolute Gasteiger partial charge is 0.272 e. The molecule has 8 nitrogen and oxygen atoms in total. The lowest BCUT2D eigenvalue weighted by Crippen LogP contribution is -2.32. The number of aromatic amines is 1. The van der Waals surface area contributed by atoms with Crippen LogP contribution in [-0.2, 0) is 7.05 Å². The molecule has 25 heavy (non-hydrogen) atoms. The maximum absolute atomic E-state index is 12.6. The molecule has 1 atom stereocenters. The first kappa shape index (κ1) is 16.4. The molecule has 2 heterocycles. The van der Waals surface area contributed by atoms with Gasteiger partial charge in [-0.15, -0.1) is 0 Å². The van der Waals surface area contributed by atoms with Crippen molar-refractivity contribution in [3.63, 3.8) is 0 Å². The van der Waals surface area contributed by atoms with E-state index in [0.29, 0.717) is 11.6 Å². The van der Waals surface area contributed by atoms with E-state index in [0.717, 1.165) is 5.56 Å². The van der Waals surface area contributed by atoms with Crippen molar-refractivity contribution in [2.45, 2.75) is 6.04 Å². The largest absolute Gasteiger partial charge is 0.496 e. The van der Waals surface area contributed by atoms with Crippen molar-refractivity contribution in [3.05, 3.63) is 76.2 Å². The molecule has 1 amide bonds. The summed E-state index contributed by atoms with van der Waals surface area (Å²) in [6.07, 6.45) is 3.45. The van der Waals surface area contributed by atoms with Crippen molar-refractivity contribution >= 4 is 5.91 Å². The van der Waals surface area contributed by atoms with Gasteiger partial charge < -0.3 is 14.6 Å². The Balaban J connectivity index is 2.00. The average Bonchev–Trinajstić information content (AvgIpc) is 3.06. The Kier molecular flexibility index (Phi) is 4.60. The van der Waals surface area contributed by atoms with E-state index in [-0.39, 0.29) is 11.3 Å². The van der Waals surface area contributed by atoms with Crippen molar-refractivity contribution in [1.82, 2.24) is 25.1 Å². The number of ether oxygens (including phenoxy) is 1. The number of amides is 1. The van der Waals surface area contributed by atoms with Crippen molar-refractivity contribution in [3.8, 4) is 5.75 Å². The number of para-hydroxylation sites is 1. The van der Waals surface area contributed by atoms with Crippen LogP contribution < -0.4 is 15.6 Å². The third kappa shape index (κ3) is 3.42. The zero-order valence-electron chi connectivity index (χ0n) is 13.8. The molecule has 3 aromatic rings. The number of hydrogen-bond donors (Lipinski definition) is 2. The number of carbonyl (C=O) groups is 1. The molecular formula is C17H17N5O3. The van der Waals surface area contributed by atoms with E-state index in [2.05, 4.69) is 20.5 Å². The van der Waals surface area contributed by atoms with Gasteiger partial charge in [-0.3, -0.25) is 9.59 Å². The third-order valence-electron chi connectivity index (χ3n) is 3.75. The summed E-state index contributed by atoms with van der Waals surface area (Å²) >= 11 is 0. The standard InChI is InChI=1S/C17H17N5O3/c1-22-10-9-18-16(22)15(11-5-3-4-6-13(11)25-2)19-17(24)12-7-8-14(23)21-20-12/h3-10,15H,1-2H3,(H,19,24)(H,21,23). The van der Waals surface area contributed by atoms with E-state index < -0.39 is 11.9 Å². The molecule has 0 bridgehead atoms. The van der Waals surface area contributed by atoms with Gasteiger partial charge in [-0.25, -0.2) is 10.1 Å². The van der Waals surface area contributed by atoms with Gasteiger partial charge in [0.1, 0.15) is 23.3 Å². The molecule has 0 saturated heterocycles. The van der Waals surface area contributed by atoms with Gasteiger partial charge >= 0.3 is 0 Å². The number of H-pyrrole nitrogens is 1. The minimum atomic E-state index is -0.544. The highest BCUT2D eigenvalue weighted by atomic mass is 16.5. The number of nitrogens with zero attached hydrogens (tertiary/aromatic N) is 3. The van der Waals surface area contributed by atoms with Gasteiger partial charge in [-0.1, -0.05) is 18.2 Å². The zero-order valence-corrected chi connectivity index (χ0v) is 13.8. The van der Waals surface area contributed by atoms with Crippen LogP contribution >= 0.6 is 0 Å². The summed E-state index contributed by atoms with van der Waals surface area (Å²) in [6.45, 7) is 0. The molecule has 0 aliphatic carbocycles. The fourth-order valence-corrected chi connectivity index (χ4v) is 2.52. The molecule has 2 N–H and O–H groups in total. The molecule has 1 unspecified atom stereocenters. The summed E-state index contributed by atoms with van der Waals surface area (Å²) in [5.74, 6) is 0.836. The molecule has 2 aromatic heterocycles. The van der Waals surface area contributed by atoms with Crippen LogP contribution in [-0.4, -0.2) is 32.8 Å². The van der Waals surface area contributed by atoms with Crippen LogP contribution in [0, 0.1) is 0 Å². The highest BCUT2D eigenvalue weighted by Gasteiger charge is 2.24. The number of rotatable bonds is 5. The number of aromatic nitrogens is 4. The number of carbonyl (C=O) groups excluding carboxylic acids is 1. The topological polar surface area (TPSA) is 102 Å². The van der Waals surface area contributed by atoms with Gasteiger partial charge in [0.15, 0.2) is 0 Å². The highest BCUT2D eigenvalue weighted by molar-refractivity contribution is 5.92. The van der Waals surface area contributed by atoms with Gasteiger partial charge in [0, 0.05) is 31.1 Å². The molecule has 0 radical (unpaired) electrons. The Labute approximate surface area is 143 Å². The predicted molar refractivity (Wildman–Crippen MR) is 90.4 cm³/mol.